The number of hydrogen-bond acceptors (Lipinski definition) is 4. The van der Waals surface area contributed by atoms with Crippen molar-refractivity contribution in [2.45, 2.75) is 20.4 Å². The maximum Gasteiger partial charge on any atom is 0.118 e. The number of methoxy groups -OCH3 is 1. The molecule has 0 saturated heterocycles. The Kier molecular flexibility index (Phi) is 8.60. The SMILES string of the molecule is CC.COc1ccc(CN/C=C(\N)CO)cc1. The van der Waals surface area contributed by atoms with Gasteiger partial charge in [-0.1, -0.05) is 26.0 Å². The van der Waals surface area contributed by atoms with E-state index in [1.807, 2.05) is 38.1 Å². The van der Waals surface area contributed by atoms with Crippen molar-refractivity contribution in [3.8, 4) is 5.75 Å². The zero-order valence-electron chi connectivity index (χ0n) is 10.7. The normalized spacial score (nSPS) is 10.2. The lowest BCUT2D eigenvalue weighted by atomic mass is 10.2. The molecule has 1 rings (SSSR count). The van der Waals surface area contributed by atoms with E-state index in [0.29, 0.717) is 12.2 Å². The summed E-state index contributed by atoms with van der Waals surface area (Å²) in [4.78, 5) is 0. The van der Waals surface area contributed by atoms with Crippen LogP contribution < -0.4 is 15.8 Å². The summed E-state index contributed by atoms with van der Waals surface area (Å²) in [5, 5.41) is 11.7. The van der Waals surface area contributed by atoms with E-state index in [2.05, 4.69) is 5.32 Å². The fraction of sp³-hybridized carbons (Fsp3) is 0.385. The highest BCUT2D eigenvalue weighted by Crippen LogP contribution is 2.10. The molecule has 96 valence electrons. The Hall–Kier alpha value is -1.68. The third-order valence-corrected chi connectivity index (χ3v) is 1.94. The summed E-state index contributed by atoms with van der Waals surface area (Å²) < 4.78 is 5.04. The summed E-state index contributed by atoms with van der Waals surface area (Å²) in [7, 11) is 1.64. The van der Waals surface area contributed by atoms with Crippen molar-refractivity contribution in [2.24, 2.45) is 5.73 Å². The molecule has 0 bridgehead atoms. The molecule has 1 aromatic rings. The highest BCUT2D eigenvalue weighted by molar-refractivity contribution is 5.27. The number of aliphatic hydroxyl groups is 1. The third-order valence-electron chi connectivity index (χ3n) is 1.94. The van der Waals surface area contributed by atoms with Crippen LogP contribution in [0.5, 0.6) is 5.75 Å². The molecule has 0 aliphatic rings. The zero-order chi connectivity index (χ0) is 13.1. The van der Waals surface area contributed by atoms with Crippen LogP contribution in [0.1, 0.15) is 19.4 Å². The Morgan fingerprint density at radius 1 is 1.35 bits per heavy atom. The van der Waals surface area contributed by atoms with Crippen LogP contribution in [0.3, 0.4) is 0 Å². The van der Waals surface area contributed by atoms with E-state index in [1.54, 1.807) is 13.3 Å². The van der Waals surface area contributed by atoms with Crippen molar-refractivity contribution in [1.29, 1.82) is 0 Å². The van der Waals surface area contributed by atoms with Gasteiger partial charge in [0.2, 0.25) is 0 Å². The zero-order valence-corrected chi connectivity index (χ0v) is 10.7. The summed E-state index contributed by atoms with van der Waals surface area (Å²) >= 11 is 0. The van der Waals surface area contributed by atoms with Crippen LogP contribution in [-0.4, -0.2) is 18.8 Å². The smallest absolute Gasteiger partial charge is 0.118 e. The average Bonchev–Trinajstić information content (AvgIpc) is 2.41. The quantitative estimate of drug-likeness (QED) is 0.729. The lowest BCUT2D eigenvalue weighted by molar-refractivity contribution is 0.329. The molecule has 0 saturated carbocycles. The van der Waals surface area contributed by atoms with E-state index in [1.165, 1.54) is 0 Å². The van der Waals surface area contributed by atoms with Crippen molar-refractivity contribution in [1.82, 2.24) is 5.32 Å². The second-order valence-electron chi connectivity index (χ2n) is 3.11. The monoisotopic (exact) mass is 238 g/mol. The Balaban J connectivity index is 0.00000121. The third kappa shape index (κ3) is 6.48. The van der Waals surface area contributed by atoms with Crippen LogP contribution in [0.4, 0.5) is 0 Å². The van der Waals surface area contributed by atoms with Gasteiger partial charge < -0.3 is 20.9 Å². The first kappa shape index (κ1) is 15.3. The molecule has 0 atom stereocenters. The van der Waals surface area contributed by atoms with E-state index >= 15 is 0 Å². The molecule has 0 aromatic heterocycles. The van der Waals surface area contributed by atoms with Crippen molar-refractivity contribution >= 4 is 0 Å². The topological polar surface area (TPSA) is 67.5 Å². The molecular formula is C13H22N2O2. The molecule has 1 aromatic carbocycles. The molecule has 0 radical (unpaired) electrons. The van der Waals surface area contributed by atoms with Gasteiger partial charge in [-0.25, -0.2) is 0 Å². The molecule has 0 unspecified atom stereocenters. The molecule has 4 N–H and O–H groups in total. The Bertz CT molecular complexity index is 321. The first-order valence-corrected chi connectivity index (χ1v) is 5.68. The van der Waals surface area contributed by atoms with E-state index < -0.39 is 0 Å². The highest BCUT2D eigenvalue weighted by Gasteiger charge is 1.92. The molecule has 17 heavy (non-hydrogen) atoms. The van der Waals surface area contributed by atoms with E-state index in [9.17, 15) is 0 Å². The van der Waals surface area contributed by atoms with Crippen molar-refractivity contribution in [3.05, 3.63) is 41.7 Å². The number of aliphatic hydroxyl groups excluding tert-OH is 1. The Morgan fingerprint density at radius 3 is 2.41 bits per heavy atom. The van der Waals surface area contributed by atoms with Crippen molar-refractivity contribution in [2.75, 3.05) is 13.7 Å². The van der Waals surface area contributed by atoms with Gasteiger partial charge in [0.1, 0.15) is 5.75 Å². The van der Waals surface area contributed by atoms with Crippen LogP contribution in [-0.2, 0) is 6.54 Å². The molecule has 0 aliphatic carbocycles. The lowest BCUT2D eigenvalue weighted by Gasteiger charge is -2.04. The van der Waals surface area contributed by atoms with Gasteiger partial charge in [-0.05, 0) is 17.7 Å². The van der Waals surface area contributed by atoms with Crippen LogP contribution in [0.2, 0.25) is 0 Å². The van der Waals surface area contributed by atoms with Gasteiger partial charge in [0.25, 0.3) is 0 Å². The first-order chi connectivity index (χ1) is 8.26. The molecule has 0 heterocycles. The fourth-order valence-corrected chi connectivity index (χ4v) is 1.09. The number of benzene rings is 1. The molecule has 0 spiro atoms. The standard InChI is InChI=1S/C11H16N2O2.C2H6/c1-15-11-4-2-9(3-5-11)6-13-7-10(12)8-14;1-2/h2-5,7,13-14H,6,8,12H2,1H3;1-2H3/b10-7-;. The molecule has 4 heteroatoms. The van der Waals surface area contributed by atoms with E-state index in [0.717, 1.165) is 11.3 Å². The summed E-state index contributed by atoms with van der Waals surface area (Å²) in [5.74, 6) is 0.837. The van der Waals surface area contributed by atoms with Crippen LogP contribution in [0.25, 0.3) is 0 Å². The maximum atomic E-state index is 8.65. The summed E-state index contributed by atoms with van der Waals surface area (Å²) in [5.41, 5.74) is 6.95. The van der Waals surface area contributed by atoms with Gasteiger partial charge in [-0.3, -0.25) is 0 Å². The van der Waals surface area contributed by atoms with Crippen LogP contribution in [0, 0.1) is 0 Å². The van der Waals surface area contributed by atoms with E-state index in [4.69, 9.17) is 15.6 Å². The second-order valence-corrected chi connectivity index (χ2v) is 3.11. The molecule has 0 fully saturated rings. The Labute approximate surface area is 103 Å². The second kappa shape index (κ2) is 9.54. The molecule has 0 aliphatic heterocycles. The molecular weight excluding hydrogens is 216 g/mol. The minimum Gasteiger partial charge on any atom is -0.497 e. The van der Waals surface area contributed by atoms with Crippen LogP contribution in [0.15, 0.2) is 36.2 Å². The minimum absolute atomic E-state index is 0.129. The average molecular weight is 238 g/mol. The fourth-order valence-electron chi connectivity index (χ4n) is 1.09. The van der Waals surface area contributed by atoms with Crippen molar-refractivity contribution < 1.29 is 9.84 Å². The van der Waals surface area contributed by atoms with Gasteiger partial charge in [-0.2, -0.15) is 0 Å². The number of rotatable bonds is 5. The Morgan fingerprint density at radius 2 is 1.94 bits per heavy atom. The number of ether oxygens (including phenoxy) is 1. The number of nitrogens with one attached hydrogen (secondary N) is 1. The maximum absolute atomic E-state index is 8.65. The predicted octanol–water partition coefficient (Wildman–Crippen LogP) is 1.60. The van der Waals surface area contributed by atoms with Gasteiger partial charge in [0.05, 0.1) is 13.7 Å². The van der Waals surface area contributed by atoms with Gasteiger partial charge in [-0.15, -0.1) is 0 Å². The summed E-state index contributed by atoms with van der Waals surface area (Å²) in [6.45, 7) is 4.54. The summed E-state index contributed by atoms with van der Waals surface area (Å²) in [6.07, 6.45) is 1.60. The molecule has 0 amide bonds. The largest absolute Gasteiger partial charge is 0.497 e. The number of hydrogen-bond donors (Lipinski definition) is 3. The van der Waals surface area contributed by atoms with Crippen LogP contribution >= 0.6 is 0 Å². The van der Waals surface area contributed by atoms with Gasteiger partial charge in [0.15, 0.2) is 0 Å². The first-order valence-electron chi connectivity index (χ1n) is 5.68. The summed E-state index contributed by atoms with van der Waals surface area (Å²) in [6, 6.07) is 7.73. The number of nitrogens with two attached hydrogens (primary N) is 1. The highest BCUT2D eigenvalue weighted by atomic mass is 16.5. The van der Waals surface area contributed by atoms with Gasteiger partial charge >= 0.3 is 0 Å². The molecule has 4 nitrogen and oxygen atoms in total. The van der Waals surface area contributed by atoms with Crippen molar-refractivity contribution in [3.63, 3.8) is 0 Å². The van der Waals surface area contributed by atoms with Gasteiger partial charge in [0, 0.05) is 18.4 Å². The lowest BCUT2D eigenvalue weighted by Crippen LogP contribution is -2.11. The minimum atomic E-state index is -0.129. The predicted molar refractivity (Wildman–Crippen MR) is 70.5 cm³/mol. The van der Waals surface area contributed by atoms with E-state index in [-0.39, 0.29) is 6.61 Å².